The van der Waals surface area contributed by atoms with Gasteiger partial charge in [-0.05, 0) is 30.7 Å². The van der Waals surface area contributed by atoms with E-state index in [1.807, 2.05) is 0 Å². The molecular formula is C17H18O8. The van der Waals surface area contributed by atoms with Crippen LogP contribution in [0.15, 0.2) is 18.2 Å². The minimum atomic E-state index is -0.698. The van der Waals surface area contributed by atoms with E-state index in [2.05, 4.69) is 0 Å². The fraction of sp³-hybridized carbons (Fsp3) is 0.294. The maximum Gasteiger partial charge on any atom is 0.330 e. The zero-order valence-corrected chi connectivity index (χ0v) is 14.3. The van der Waals surface area contributed by atoms with E-state index in [1.54, 1.807) is 6.92 Å². The predicted molar refractivity (Wildman–Crippen MR) is 86.0 cm³/mol. The van der Waals surface area contributed by atoms with Crippen LogP contribution in [0, 0.1) is 0 Å². The minimum absolute atomic E-state index is 0.134. The highest BCUT2D eigenvalue weighted by Crippen LogP contribution is 2.39. The largest absolute Gasteiger partial charge is 0.463 e. The van der Waals surface area contributed by atoms with Gasteiger partial charge in [0.15, 0.2) is 11.5 Å². The standard InChI is InChI=1S/C17H18O8/c1-5-22-16(21)7-6-13-8-14(23-10(2)18)17(25-12(4)20)15(9-13)24-11(3)19/h6-9H,5H2,1-4H3/b7-6+. The number of carbonyl (C=O) groups is 4. The first kappa shape index (κ1) is 19.9. The van der Waals surface area contributed by atoms with Crippen LogP contribution in [-0.2, 0) is 23.9 Å². The third-order valence-electron chi connectivity index (χ3n) is 2.49. The molecule has 0 N–H and O–H groups in total. The molecule has 0 unspecified atom stereocenters. The average Bonchev–Trinajstić information content (AvgIpc) is 2.47. The van der Waals surface area contributed by atoms with Crippen LogP contribution in [0.4, 0.5) is 0 Å². The minimum Gasteiger partial charge on any atom is -0.463 e. The molecule has 8 nitrogen and oxygen atoms in total. The van der Waals surface area contributed by atoms with Crippen molar-refractivity contribution in [1.29, 1.82) is 0 Å². The molecule has 0 radical (unpaired) electrons. The van der Waals surface area contributed by atoms with Crippen LogP contribution in [-0.4, -0.2) is 30.5 Å². The summed E-state index contributed by atoms with van der Waals surface area (Å²) in [6, 6.07) is 2.70. The molecule has 0 aliphatic rings. The Morgan fingerprint density at radius 2 is 1.36 bits per heavy atom. The van der Waals surface area contributed by atoms with Gasteiger partial charge in [-0.1, -0.05) is 0 Å². The maximum absolute atomic E-state index is 11.4. The van der Waals surface area contributed by atoms with Gasteiger partial charge in [0.1, 0.15) is 0 Å². The summed E-state index contributed by atoms with van der Waals surface area (Å²) in [7, 11) is 0. The molecule has 0 saturated heterocycles. The van der Waals surface area contributed by atoms with Crippen LogP contribution in [0.1, 0.15) is 33.3 Å². The van der Waals surface area contributed by atoms with Crippen molar-refractivity contribution in [2.75, 3.05) is 6.61 Å². The Bertz CT molecular complexity index is 680. The second-order valence-corrected chi connectivity index (χ2v) is 4.71. The van der Waals surface area contributed by atoms with Gasteiger partial charge in [-0.3, -0.25) is 14.4 Å². The quantitative estimate of drug-likeness (QED) is 0.436. The van der Waals surface area contributed by atoms with Gasteiger partial charge in [0.2, 0.25) is 5.75 Å². The zero-order chi connectivity index (χ0) is 19.0. The Labute approximate surface area is 144 Å². The number of rotatable bonds is 6. The smallest absolute Gasteiger partial charge is 0.330 e. The van der Waals surface area contributed by atoms with Gasteiger partial charge in [0, 0.05) is 26.8 Å². The van der Waals surface area contributed by atoms with E-state index in [9.17, 15) is 19.2 Å². The molecule has 25 heavy (non-hydrogen) atoms. The normalized spacial score (nSPS) is 10.2. The molecule has 134 valence electrons. The van der Waals surface area contributed by atoms with Gasteiger partial charge in [-0.25, -0.2) is 4.79 Å². The van der Waals surface area contributed by atoms with Gasteiger partial charge < -0.3 is 18.9 Å². The fourth-order valence-electron chi connectivity index (χ4n) is 1.75. The summed E-state index contributed by atoms with van der Waals surface area (Å²) in [5.41, 5.74) is 0.358. The van der Waals surface area contributed by atoms with E-state index in [0.29, 0.717) is 5.56 Å². The van der Waals surface area contributed by atoms with Crippen LogP contribution >= 0.6 is 0 Å². The lowest BCUT2D eigenvalue weighted by molar-refractivity contribution is -0.137. The summed E-state index contributed by atoms with van der Waals surface area (Å²) < 4.78 is 19.8. The van der Waals surface area contributed by atoms with Gasteiger partial charge in [-0.15, -0.1) is 0 Å². The Morgan fingerprint density at radius 1 is 0.880 bits per heavy atom. The van der Waals surface area contributed by atoms with Crippen molar-refractivity contribution in [2.45, 2.75) is 27.7 Å². The molecule has 1 rings (SSSR count). The highest BCUT2D eigenvalue weighted by atomic mass is 16.6. The van der Waals surface area contributed by atoms with Crippen molar-refractivity contribution in [3.63, 3.8) is 0 Å². The van der Waals surface area contributed by atoms with Crippen molar-refractivity contribution >= 4 is 30.0 Å². The predicted octanol–water partition coefficient (Wildman–Crippen LogP) is 2.04. The third kappa shape index (κ3) is 6.86. The molecule has 1 aromatic rings. The Balaban J connectivity index is 3.39. The molecule has 0 saturated carbocycles. The fourth-order valence-corrected chi connectivity index (χ4v) is 1.75. The van der Waals surface area contributed by atoms with E-state index in [-0.39, 0.29) is 23.9 Å². The molecule has 0 aliphatic carbocycles. The number of carbonyl (C=O) groups excluding carboxylic acids is 4. The highest BCUT2D eigenvalue weighted by molar-refractivity contribution is 5.88. The molecule has 0 atom stereocenters. The molecular weight excluding hydrogens is 332 g/mol. The zero-order valence-electron chi connectivity index (χ0n) is 14.3. The molecule has 1 aromatic carbocycles. The van der Waals surface area contributed by atoms with Gasteiger partial charge in [-0.2, -0.15) is 0 Å². The van der Waals surface area contributed by atoms with E-state index in [0.717, 1.165) is 26.8 Å². The van der Waals surface area contributed by atoms with E-state index in [1.165, 1.54) is 18.2 Å². The average molecular weight is 350 g/mol. The summed E-state index contributed by atoms with van der Waals surface area (Å²) in [5, 5.41) is 0. The molecule has 0 spiro atoms. The summed E-state index contributed by atoms with van der Waals surface area (Å²) in [6.07, 6.45) is 2.52. The summed E-state index contributed by atoms with van der Waals surface area (Å²) in [4.78, 5) is 45.3. The summed E-state index contributed by atoms with van der Waals surface area (Å²) in [5.74, 6) is -3.10. The van der Waals surface area contributed by atoms with Crippen LogP contribution in [0.25, 0.3) is 6.08 Å². The second kappa shape index (κ2) is 9.21. The number of hydrogen-bond donors (Lipinski definition) is 0. The summed E-state index contributed by atoms with van der Waals surface area (Å²) in [6.45, 7) is 5.33. The first-order valence-corrected chi connectivity index (χ1v) is 7.31. The topological polar surface area (TPSA) is 105 Å². The van der Waals surface area contributed by atoms with Crippen LogP contribution in [0.3, 0.4) is 0 Å². The molecule has 0 fully saturated rings. The van der Waals surface area contributed by atoms with Crippen LogP contribution in [0.5, 0.6) is 17.2 Å². The first-order valence-electron chi connectivity index (χ1n) is 7.31. The highest BCUT2D eigenvalue weighted by Gasteiger charge is 2.19. The van der Waals surface area contributed by atoms with E-state index < -0.39 is 23.9 Å². The molecule has 0 aromatic heterocycles. The Morgan fingerprint density at radius 3 is 1.76 bits per heavy atom. The molecule has 0 bridgehead atoms. The molecule has 0 amide bonds. The van der Waals surface area contributed by atoms with Gasteiger partial charge in [0.25, 0.3) is 0 Å². The van der Waals surface area contributed by atoms with Crippen LogP contribution < -0.4 is 14.2 Å². The lowest BCUT2D eigenvalue weighted by Crippen LogP contribution is -2.11. The van der Waals surface area contributed by atoms with E-state index >= 15 is 0 Å². The monoisotopic (exact) mass is 350 g/mol. The number of benzene rings is 1. The van der Waals surface area contributed by atoms with Crippen molar-refractivity contribution in [3.8, 4) is 17.2 Å². The number of esters is 4. The molecule has 8 heteroatoms. The summed E-state index contributed by atoms with van der Waals surface area (Å²) >= 11 is 0. The van der Waals surface area contributed by atoms with Crippen molar-refractivity contribution in [3.05, 3.63) is 23.8 Å². The molecule has 0 aliphatic heterocycles. The van der Waals surface area contributed by atoms with Crippen LogP contribution in [0.2, 0.25) is 0 Å². The maximum atomic E-state index is 11.4. The van der Waals surface area contributed by atoms with E-state index in [4.69, 9.17) is 18.9 Å². The SMILES string of the molecule is CCOC(=O)/C=C/c1cc(OC(C)=O)c(OC(C)=O)c(OC(C)=O)c1. The third-order valence-corrected chi connectivity index (χ3v) is 2.49. The van der Waals surface area contributed by atoms with Crippen molar-refractivity contribution in [1.82, 2.24) is 0 Å². The number of ether oxygens (including phenoxy) is 4. The molecule has 0 heterocycles. The number of hydrogen-bond acceptors (Lipinski definition) is 8. The Kier molecular flexibility index (Phi) is 7.33. The Hall–Kier alpha value is -3.16. The lowest BCUT2D eigenvalue weighted by Gasteiger charge is -2.14. The first-order chi connectivity index (χ1) is 11.7. The van der Waals surface area contributed by atoms with Crippen molar-refractivity contribution in [2.24, 2.45) is 0 Å². The van der Waals surface area contributed by atoms with Gasteiger partial charge in [0.05, 0.1) is 6.61 Å². The second-order valence-electron chi connectivity index (χ2n) is 4.71. The van der Waals surface area contributed by atoms with Crippen molar-refractivity contribution < 1.29 is 38.1 Å². The van der Waals surface area contributed by atoms with Gasteiger partial charge >= 0.3 is 23.9 Å². The lowest BCUT2D eigenvalue weighted by atomic mass is 10.1.